The molecule has 0 spiro atoms. The second-order valence-corrected chi connectivity index (χ2v) is 4.98. The highest BCUT2D eigenvalue weighted by Gasteiger charge is 2.15. The Labute approximate surface area is 118 Å². The molecule has 0 aliphatic carbocycles. The average Bonchev–Trinajstić information content (AvgIpc) is 2.42. The Morgan fingerprint density at radius 2 is 1.70 bits per heavy atom. The maximum Gasteiger partial charge on any atom is 0.146 e. The summed E-state index contributed by atoms with van der Waals surface area (Å²) in [6.45, 7) is 6.02. The molecular formula is C17H17FN2. The molecule has 0 radical (unpaired) electrons. The Kier molecular flexibility index (Phi) is 4.05. The third kappa shape index (κ3) is 2.80. The van der Waals surface area contributed by atoms with Gasteiger partial charge in [-0.05, 0) is 55.2 Å². The third-order valence-corrected chi connectivity index (χ3v) is 3.50. The van der Waals surface area contributed by atoms with Crippen molar-refractivity contribution in [1.82, 2.24) is 0 Å². The second kappa shape index (κ2) is 5.75. The highest BCUT2D eigenvalue weighted by atomic mass is 19.1. The summed E-state index contributed by atoms with van der Waals surface area (Å²) in [5.74, 6) is -0.353. The predicted octanol–water partition coefficient (Wildman–Crippen LogP) is 4.43. The van der Waals surface area contributed by atoms with E-state index in [1.807, 2.05) is 26.8 Å². The number of aryl methyl sites for hydroxylation is 3. The van der Waals surface area contributed by atoms with Crippen molar-refractivity contribution in [3.8, 4) is 6.07 Å². The van der Waals surface area contributed by atoms with Crippen molar-refractivity contribution in [3.05, 3.63) is 64.5 Å². The van der Waals surface area contributed by atoms with Crippen LogP contribution in [0.3, 0.4) is 0 Å². The molecule has 2 rings (SSSR count). The number of nitrogens with one attached hydrogen (secondary N) is 1. The maximum absolute atomic E-state index is 13.7. The van der Waals surface area contributed by atoms with Gasteiger partial charge in [-0.15, -0.1) is 0 Å². The van der Waals surface area contributed by atoms with Gasteiger partial charge in [0, 0.05) is 0 Å². The lowest BCUT2D eigenvalue weighted by Crippen LogP contribution is -2.11. The molecule has 2 nitrogen and oxygen atoms in total. The summed E-state index contributed by atoms with van der Waals surface area (Å²) in [7, 11) is 0. The monoisotopic (exact) mass is 268 g/mol. The fourth-order valence-corrected chi connectivity index (χ4v) is 2.21. The molecule has 0 fully saturated rings. The number of para-hydroxylation sites is 1. The number of halogens is 1. The minimum absolute atomic E-state index is 0.344. The lowest BCUT2D eigenvalue weighted by molar-refractivity contribution is 0.629. The number of hydrogen-bond donors (Lipinski definition) is 1. The van der Waals surface area contributed by atoms with Gasteiger partial charge in [-0.25, -0.2) is 4.39 Å². The summed E-state index contributed by atoms with van der Waals surface area (Å²) in [5.41, 5.74) is 4.58. The number of nitriles is 1. The van der Waals surface area contributed by atoms with Gasteiger partial charge in [0.25, 0.3) is 0 Å². The molecule has 0 heterocycles. The Hall–Kier alpha value is -2.34. The Morgan fingerprint density at radius 1 is 1.05 bits per heavy atom. The molecule has 102 valence electrons. The molecule has 1 N–H and O–H groups in total. The van der Waals surface area contributed by atoms with E-state index in [9.17, 15) is 9.65 Å². The van der Waals surface area contributed by atoms with E-state index in [-0.39, 0.29) is 5.82 Å². The number of rotatable bonds is 3. The summed E-state index contributed by atoms with van der Waals surface area (Å²) < 4.78 is 13.7. The molecule has 20 heavy (non-hydrogen) atoms. The zero-order valence-corrected chi connectivity index (χ0v) is 11.9. The maximum atomic E-state index is 13.7. The van der Waals surface area contributed by atoms with Gasteiger partial charge in [-0.2, -0.15) is 5.26 Å². The van der Waals surface area contributed by atoms with Gasteiger partial charge in [0.05, 0.1) is 11.8 Å². The fraction of sp³-hybridized carbons (Fsp3) is 0.235. The number of anilines is 1. The molecule has 0 amide bonds. The van der Waals surface area contributed by atoms with Crippen molar-refractivity contribution in [2.24, 2.45) is 0 Å². The third-order valence-electron chi connectivity index (χ3n) is 3.50. The molecule has 0 bridgehead atoms. The summed E-state index contributed by atoms with van der Waals surface area (Å²) in [4.78, 5) is 0. The molecule has 2 aromatic rings. The van der Waals surface area contributed by atoms with Crippen LogP contribution in [0.2, 0.25) is 0 Å². The van der Waals surface area contributed by atoms with E-state index in [0.717, 1.165) is 16.7 Å². The largest absolute Gasteiger partial charge is 0.364 e. The average molecular weight is 268 g/mol. The Morgan fingerprint density at radius 3 is 2.35 bits per heavy atom. The van der Waals surface area contributed by atoms with Crippen LogP contribution in [0.25, 0.3) is 0 Å². The molecule has 3 heteroatoms. The van der Waals surface area contributed by atoms with Gasteiger partial charge in [-0.3, -0.25) is 0 Å². The normalized spacial score (nSPS) is 11.8. The molecular weight excluding hydrogens is 251 g/mol. The smallest absolute Gasteiger partial charge is 0.146 e. The first-order valence-corrected chi connectivity index (χ1v) is 6.51. The zero-order valence-electron chi connectivity index (χ0n) is 11.9. The fourth-order valence-electron chi connectivity index (χ4n) is 2.21. The zero-order chi connectivity index (χ0) is 14.7. The first-order valence-electron chi connectivity index (χ1n) is 6.51. The van der Waals surface area contributed by atoms with Crippen LogP contribution in [-0.2, 0) is 0 Å². The van der Waals surface area contributed by atoms with E-state index >= 15 is 0 Å². The van der Waals surface area contributed by atoms with Crippen molar-refractivity contribution in [3.63, 3.8) is 0 Å². The molecule has 0 aliphatic rings. The highest BCUT2D eigenvalue weighted by molar-refractivity contribution is 5.50. The summed E-state index contributed by atoms with van der Waals surface area (Å²) >= 11 is 0. The molecule has 1 atom stereocenters. The van der Waals surface area contributed by atoms with Crippen LogP contribution in [-0.4, -0.2) is 0 Å². The number of benzene rings is 2. The second-order valence-electron chi connectivity index (χ2n) is 4.98. The standard InChI is InChI=1S/C17H17FN2/c1-11-8-13(3)14(9-12(11)2)17(10-19)20-16-7-5-4-6-15(16)18/h4-9,17,20H,1-3H3. The molecule has 0 aromatic heterocycles. The van der Waals surface area contributed by atoms with Crippen molar-refractivity contribution in [2.75, 3.05) is 5.32 Å². The summed E-state index contributed by atoms with van der Waals surface area (Å²) in [6.07, 6.45) is 0. The predicted molar refractivity (Wildman–Crippen MR) is 79.0 cm³/mol. The van der Waals surface area contributed by atoms with E-state index in [4.69, 9.17) is 0 Å². The first-order chi connectivity index (χ1) is 9.52. The molecule has 0 saturated heterocycles. The number of nitrogens with zero attached hydrogens (tertiary/aromatic N) is 1. The minimum Gasteiger partial charge on any atom is -0.364 e. The topological polar surface area (TPSA) is 35.8 Å². The van der Waals surface area contributed by atoms with E-state index in [1.54, 1.807) is 18.2 Å². The van der Waals surface area contributed by atoms with Crippen LogP contribution in [0.4, 0.5) is 10.1 Å². The van der Waals surface area contributed by atoms with Crippen LogP contribution in [0.1, 0.15) is 28.3 Å². The van der Waals surface area contributed by atoms with Gasteiger partial charge in [0.15, 0.2) is 0 Å². The van der Waals surface area contributed by atoms with Crippen molar-refractivity contribution < 1.29 is 4.39 Å². The molecule has 0 aliphatic heterocycles. The van der Waals surface area contributed by atoms with E-state index < -0.39 is 6.04 Å². The van der Waals surface area contributed by atoms with E-state index in [2.05, 4.69) is 17.5 Å². The van der Waals surface area contributed by atoms with Gasteiger partial charge in [-0.1, -0.05) is 24.3 Å². The van der Waals surface area contributed by atoms with Crippen LogP contribution in [0, 0.1) is 37.9 Å². The summed E-state index contributed by atoms with van der Waals surface area (Å²) in [5, 5.41) is 12.3. The van der Waals surface area contributed by atoms with Crippen LogP contribution in [0.5, 0.6) is 0 Å². The Balaban J connectivity index is 2.37. The molecule has 1 unspecified atom stereocenters. The van der Waals surface area contributed by atoms with E-state index in [1.165, 1.54) is 11.6 Å². The van der Waals surface area contributed by atoms with Gasteiger partial charge >= 0.3 is 0 Å². The van der Waals surface area contributed by atoms with Crippen LogP contribution < -0.4 is 5.32 Å². The van der Waals surface area contributed by atoms with Crippen molar-refractivity contribution in [2.45, 2.75) is 26.8 Å². The lowest BCUT2D eigenvalue weighted by atomic mass is 9.96. The highest BCUT2D eigenvalue weighted by Crippen LogP contribution is 2.26. The molecule has 0 saturated carbocycles. The Bertz CT molecular complexity index is 671. The number of hydrogen-bond acceptors (Lipinski definition) is 2. The SMILES string of the molecule is Cc1cc(C)c(C(C#N)Nc2ccccc2F)cc1C. The minimum atomic E-state index is -0.564. The summed E-state index contributed by atoms with van der Waals surface area (Å²) in [6, 6.07) is 12.1. The lowest BCUT2D eigenvalue weighted by Gasteiger charge is -2.17. The quantitative estimate of drug-likeness (QED) is 0.894. The van der Waals surface area contributed by atoms with Gasteiger partial charge in [0.1, 0.15) is 11.9 Å². The molecule has 2 aromatic carbocycles. The van der Waals surface area contributed by atoms with Crippen LogP contribution >= 0.6 is 0 Å². The van der Waals surface area contributed by atoms with Crippen molar-refractivity contribution >= 4 is 5.69 Å². The van der Waals surface area contributed by atoms with Gasteiger partial charge in [0.2, 0.25) is 0 Å². The van der Waals surface area contributed by atoms with Crippen molar-refractivity contribution in [1.29, 1.82) is 5.26 Å². The van der Waals surface area contributed by atoms with Crippen LogP contribution in [0.15, 0.2) is 36.4 Å². The first kappa shape index (κ1) is 14.1. The van der Waals surface area contributed by atoms with Gasteiger partial charge < -0.3 is 5.32 Å². The van der Waals surface area contributed by atoms with E-state index in [0.29, 0.717) is 5.69 Å².